The van der Waals surface area contributed by atoms with Crippen LogP contribution in [0.3, 0.4) is 0 Å². The standard InChI is InChI=1S/C15H20F2NO6P/c1-5-23-25(21,24-6-2)15(16,17)14(20)11-9-10(22-4)7-8-12(11)18(3)13(14)19/h7-9,20H,5-6H2,1-4H3. The zero-order chi connectivity index (χ0) is 19.0. The van der Waals surface area contributed by atoms with Crippen molar-refractivity contribution >= 4 is 19.2 Å². The Morgan fingerprint density at radius 2 is 1.84 bits per heavy atom. The summed E-state index contributed by atoms with van der Waals surface area (Å²) >= 11 is 0. The Morgan fingerprint density at radius 3 is 2.32 bits per heavy atom. The highest BCUT2D eigenvalue weighted by Crippen LogP contribution is 2.69. The fourth-order valence-corrected chi connectivity index (χ4v) is 4.41. The molecule has 1 heterocycles. The van der Waals surface area contributed by atoms with Crippen molar-refractivity contribution in [2.45, 2.75) is 25.1 Å². The number of hydrogen-bond acceptors (Lipinski definition) is 6. The number of methoxy groups -OCH3 is 1. The van der Waals surface area contributed by atoms with Crippen LogP contribution in [-0.2, 0) is 24.0 Å². The summed E-state index contributed by atoms with van der Waals surface area (Å²) in [4.78, 5) is 13.4. The van der Waals surface area contributed by atoms with Crippen LogP contribution in [0.25, 0.3) is 0 Å². The van der Waals surface area contributed by atoms with Gasteiger partial charge in [0.2, 0.25) is 5.60 Å². The van der Waals surface area contributed by atoms with Crippen LogP contribution in [0.2, 0.25) is 0 Å². The van der Waals surface area contributed by atoms with E-state index in [0.29, 0.717) is 0 Å². The number of hydrogen-bond donors (Lipinski definition) is 1. The normalized spacial score (nSPS) is 20.8. The maximum atomic E-state index is 15.2. The Labute approximate surface area is 144 Å². The molecular formula is C15H20F2NO6P. The number of benzene rings is 1. The van der Waals surface area contributed by atoms with E-state index in [1.165, 1.54) is 40.1 Å². The molecule has 0 aromatic heterocycles. The molecule has 140 valence electrons. The SMILES string of the molecule is CCOP(=O)(OCC)C(F)(F)C1(O)C(=O)N(C)c2ccc(OC)cc21. The van der Waals surface area contributed by atoms with Gasteiger partial charge in [-0.25, -0.2) is 0 Å². The molecule has 25 heavy (non-hydrogen) atoms. The lowest BCUT2D eigenvalue weighted by molar-refractivity contribution is -0.169. The van der Waals surface area contributed by atoms with Crippen molar-refractivity contribution in [1.29, 1.82) is 0 Å². The van der Waals surface area contributed by atoms with Gasteiger partial charge in [0.1, 0.15) is 5.75 Å². The van der Waals surface area contributed by atoms with Gasteiger partial charge in [-0.2, -0.15) is 8.78 Å². The van der Waals surface area contributed by atoms with Crippen molar-refractivity contribution < 1.29 is 37.0 Å². The van der Waals surface area contributed by atoms with Crippen molar-refractivity contribution in [3.63, 3.8) is 0 Å². The molecule has 0 bridgehead atoms. The summed E-state index contributed by atoms with van der Waals surface area (Å²) in [5.74, 6) is -1.18. The first-order valence-electron chi connectivity index (χ1n) is 7.56. The molecule has 1 aliphatic heterocycles. The monoisotopic (exact) mass is 379 g/mol. The van der Waals surface area contributed by atoms with Crippen molar-refractivity contribution in [2.75, 3.05) is 32.3 Å². The number of alkyl halides is 2. The van der Waals surface area contributed by atoms with Gasteiger partial charge in [0.25, 0.3) is 5.91 Å². The van der Waals surface area contributed by atoms with Crippen LogP contribution in [0, 0.1) is 0 Å². The van der Waals surface area contributed by atoms with Gasteiger partial charge in [-0.05, 0) is 32.0 Å². The third kappa shape index (κ3) is 2.66. The van der Waals surface area contributed by atoms with Crippen LogP contribution < -0.4 is 9.64 Å². The number of carbonyl (C=O) groups is 1. The minimum absolute atomic E-state index is 0.0486. The molecule has 1 aromatic carbocycles. The van der Waals surface area contributed by atoms with E-state index in [0.717, 1.165) is 11.0 Å². The third-order valence-corrected chi connectivity index (χ3v) is 6.15. The van der Waals surface area contributed by atoms with Crippen LogP contribution in [0.1, 0.15) is 19.4 Å². The average Bonchev–Trinajstić information content (AvgIpc) is 2.77. The topological polar surface area (TPSA) is 85.3 Å². The molecule has 0 saturated heterocycles. The Kier molecular flexibility index (Phi) is 5.26. The van der Waals surface area contributed by atoms with Crippen molar-refractivity contribution in [3.8, 4) is 5.75 Å². The number of rotatable bonds is 7. The maximum Gasteiger partial charge on any atom is 0.403 e. The van der Waals surface area contributed by atoms with E-state index in [1.54, 1.807) is 0 Å². The zero-order valence-electron chi connectivity index (χ0n) is 14.3. The number of aliphatic hydroxyl groups is 1. The smallest absolute Gasteiger partial charge is 0.403 e. The average molecular weight is 379 g/mol. The van der Waals surface area contributed by atoms with Crippen molar-refractivity contribution in [3.05, 3.63) is 23.8 Å². The predicted molar refractivity (Wildman–Crippen MR) is 86.1 cm³/mol. The lowest BCUT2D eigenvalue weighted by Gasteiger charge is -2.35. The van der Waals surface area contributed by atoms with Gasteiger partial charge >= 0.3 is 13.3 Å². The van der Waals surface area contributed by atoms with E-state index in [9.17, 15) is 14.5 Å². The molecule has 1 amide bonds. The summed E-state index contributed by atoms with van der Waals surface area (Å²) in [6.07, 6.45) is 0. The largest absolute Gasteiger partial charge is 0.497 e. The summed E-state index contributed by atoms with van der Waals surface area (Å²) in [5.41, 5.74) is -8.31. The quantitative estimate of drug-likeness (QED) is 0.734. The van der Waals surface area contributed by atoms with E-state index in [2.05, 4.69) is 9.05 Å². The molecule has 1 aromatic rings. The van der Waals surface area contributed by atoms with E-state index in [-0.39, 0.29) is 24.7 Å². The van der Waals surface area contributed by atoms with Gasteiger partial charge in [0, 0.05) is 12.6 Å². The van der Waals surface area contributed by atoms with Crippen molar-refractivity contribution in [2.24, 2.45) is 0 Å². The summed E-state index contributed by atoms with van der Waals surface area (Å²) < 4.78 is 57.5. The van der Waals surface area contributed by atoms with Crippen LogP contribution in [0.4, 0.5) is 14.5 Å². The van der Waals surface area contributed by atoms with Gasteiger partial charge in [-0.1, -0.05) is 0 Å². The molecule has 2 rings (SSSR count). The number of fused-ring (bicyclic) bond motifs is 1. The number of amides is 1. The Hall–Kier alpha value is -1.54. The summed E-state index contributed by atoms with van der Waals surface area (Å²) in [6, 6.07) is 3.91. The minimum atomic E-state index is -5.15. The number of anilines is 1. The molecular weight excluding hydrogens is 359 g/mol. The Balaban J connectivity index is 2.71. The lowest BCUT2D eigenvalue weighted by atomic mass is 9.95. The first-order chi connectivity index (χ1) is 11.6. The predicted octanol–water partition coefficient (Wildman–Crippen LogP) is 2.72. The molecule has 0 spiro atoms. The molecule has 10 heteroatoms. The number of nitrogens with zero attached hydrogens (tertiary/aromatic N) is 1. The molecule has 1 aliphatic rings. The molecule has 1 atom stereocenters. The van der Waals surface area contributed by atoms with Gasteiger partial charge in [-0.15, -0.1) is 0 Å². The van der Waals surface area contributed by atoms with Crippen LogP contribution >= 0.6 is 7.60 Å². The number of likely N-dealkylation sites (N-methyl/N-ethyl adjacent to an activating group) is 1. The second-order valence-electron chi connectivity index (χ2n) is 5.33. The highest BCUT2D eigenvalue weighted by molar-refractivity contribution is 7.55. The van der Waals surface area contributed by atoms with Crippen LogP contribution in [0.5, 0.6) is 5.75 Å². The van der Waals surface area contributed by atoms with Crippen molar-refractivity contribution in [1.82, 2.24) is 0 Å². The van der Waals surface area contributed by atoms with E-state index in [1.807, 2.05) is 0 Å². The molecule has 0 radical (unpaired) electrons. The molecule has 1 N–H and O–H groups in total. The number of ether oxygens (including phenoxy) is 1. The summed E-state index contributed by atoms with van der Waals surface area (Å²) in [6.45, 7) is 2.01. The van der Waals surface area contributed by atoms with Crippen LogP contribution in [-0.4, -0.2) is 44.0 Å². The Morgan fingerprint density at radius 1 is 1.28 bits per heavy atom. The van der Waals surface area contributed by atoms with E-state index in [4.69, 9.17) is 4.74 Å². The highest BCUT2D eigenvalue weighted by atomic mass is 31.2. The molecule has 0 fully saturated rings. The van der Waals surface area contributed by atoms with Crippen LogP contribution in [0.15, 0.2) is 18.2 Å². The van der Waals surface area contributed by atoms with Gasteiger partial charge in [0.05, 0.1) is 26.0 Å². The summed E-state index contributed by atoms with van der Waals surface area (Å²) in [7, 11) is -2.61. The number of carbonyl (C=O) groups excluding carboxylic acids is 1. The van der Waals surface area contributed by atoms with Gasteiger partial charge in [-0.3, -0.25) is 9.36 Å². The minimum Gasteiger partial charge on any atom is -0.497 e. The Bertz CT molecular complexity index is 718. The first kappa shape index (κ1) is 19.8. The zero-order valence-corrected chi connectivity index (χ0v) is 15.2. The molecule has 0 aliphatic carbocycles. The lowest BCUT2D eigenvalue weighted by Crippen LogP contribution is -2.52. The fraction of sp³-hybridized carbons (Fsp3) is 0.533. The van der Waals surface area contributed by atoms with E-state index < -0.39 is 30.3 Å². The first-order valence-corrected chi connectivity index (χ1v) is 9.11. The molecule has 0 saturated carbocycles. The highest BCUT2D eigenvalue weighted by Gasteiger charge is 2.74. The molecule has 1 unspecified atom stereocenters. The number of halogens is 2. The van der Waals surface area contributed by atoms with E-state index >= 15 is 8.78 Å². The third-order valence-electron chi connectivity index (χ3n) is 3.95. The second-order valence-corrected chi connectivity index (χ2v) is 7.40. The summed E-state index contributed by atoms with van der Waals surface area (Å²) in [5, 5.41) is 10.8. The fourth-order valence-electron chi connectivity index (χ4n) is 2.72. The van der Waals surface area contributed by atoms with Gasteiger partial charge < -0.3 is 23.8 Å². The molecule has 7 nitrogen and oxygen atoms in total. The second kappa shape index (κ2) is 6.64. The maximum absolute atomic E-state index is 15.2. The van der Waals surface area contributed by atoms with Gasteiger partial charge in [0.15, 0.2) is 0 Å².